The van der Waals surface area contributed by atoms with Gasteiger partial charge in [0.1, 0.15) is 11.6 Å². The molecule has 7 heteroatoms. The number of aromatic nitrogens is 1. The highest BCUT2D eigenvalue weighted by atomic mass is 32.2. The Labute approximate surface area is 137 Å². The van der Waals surface area contributed by atoms with Crippen LogP contribution >= 0.6 is 11.8 Å². The summed E-state index contributed by atoms with van der Waals surface area (Å²) in [6.07, 6.45) is 3.59. The number of amidine groups is 1. The molecule has 1 N–H and O–H groups in total. The van der Waals surface area contributed by atoms with E-state index in [0.29, 0.717) is 24.7 Å². The lowest BCUT2D eigenvalue weighted by atomic mass is 10.2. The van der Waals surface area contributed by atoms with E-state index < -0.39 is 11.6 Å². The highest BCUT2D eigenvalue weighted by molar-refractivity contribution is 8.13. The van der Waals surface area contributed by atoms with E-state index in [1.165, 1.54) is 23.9 Å². The molecule has 0 fully saturated rings. The van der Waals surface area contributed by atoms with Crippen molar-refractivity contribution in [1.29, 1.82) is 0 Å². The molecular weight excluding hydrogens is 318 g/mol. The van der Waals surface area contributed by atoms with Gasteiger partial charge in [0, 0.05) is 30.8 Å². The van der Waals surface area contributed by atoms with Gasteiger partial charge in [-0.25, -0.2) is 13.8 Å². The minimum absolute atomic E-state index is 0.475. The molecule has 0 radical (unpaired) electrons. The molecule has 4 nitrogen and oxygen atoms in total. The lowest BCUT2D eigenvalue weighted by molar-refractivity contribution is 0.258. The van der Waals surface area contributed by atoms with Crippen LogP contribution in [0.25, 0.3) is 0 Å². The summed E-state index contributed by atoms with van der Waals surface area (Å²) in [7, 11) is 0. The molecule has 1 aromatic carbocycles. The Balaban J connectivity index is 1.51. The van der Waals surface area contributed by atoms with E-state index in [1.54, 1.807) is 6.20 Å². The zero-order valence-corrected chi connectivity index (χ0v) is 13.2. The van der Waals surface area contributed by atoms with Crippen molar-refractivity contribution in [2.24, 2.45) is 4.99 Å². The zero-order chi connectivity index (χ0) is 16.1. The Morgan fingerprint density at radius 1 is 1.17 bits per heavy atom. The number of hydrogen-bond acceptors (Lipinski definition) is 5. The summed E-state index contributed by atoms with van der Waals surface area (Å²) in [5.74, 6) is -0.632. The summed E-state index contributed by atoms with van der Waals surface area (Å²) in [5, 5.41) is 4.01. The summed E-state index contributed by atoms with van der Waals surface area (Å²) in [6, 6.07) is 7.50. The van der Waals surface area contributed by atoms with Crippen molar-refractivity contribution in [3.8, 4) is 0 Å². The third-order valence-electron chi connectivity index (χ3n) is 3.30. The average molecular weight is 334 g/mol. The molecule has 1 aliphatic rings. The van der Waals surface area contributed by atoms with Gasteiger partial charge in [0.05, 0.1) is 13.3 Å². The smallest absolute Gasteiger partial charge is 0.159 e. The predicted molar refractivity (Wildman–Crippen MR) is 87.7 cm³/mol. The quantitative estimate of drug-likeness (QED) is 0.933. The molecule has 23 heavy (non-hydrogen) atoms. The van der Waals surface area contributed by atoms with Crippen molar-refractivity contribution in [2.75, 3.05) is 13.3 Å². The molecule has 0 saturated heterocycles. The van der Waals surface area contributed by atoms with Gasteiger partial charge in [0.2, 0.25) is 0 Å². The summed E-state index contributed by atoms with van der Waals surface area (Å²) < 4.78 is 26.3. The number of aliphatic imine (C=N–C) groups is 1. The molecule has 120 valence electrons. The zero-order valence-electron chi connectivity index (χ0n) is 12.4. The van der Waals surface area contributed by atoms with Gasteiger partial charge >= 0.3 is 0 Å². The van der Waals surface area contributed by atoms with Crippen LogP contribution in [-0.2, 0) is 12.3 Å². The van der Waals surface area contributed by atoms with Gasteiger partial charge in [0.15, 0.2) is 5.17 Å². The van der Waals surface area contributed by atoms with Crippen molar-refractivity contribution in [3.63, 3.8) is 0 Å². The van der Waals surface area contributed by atoms with Crippen LogP contribution < -0.4 is 5.32 Å². The fraction of sp³-hybridized carbons (Fsp3) is 0.250. The van der Waals surface area contributed by atoms with Crippen LogP contribution in [0.5, 0.6) is 0 Å². The molecule has 1 aliphatic heterocycles. The fourth-order valence-electron chi connectivity index (χ4n) is 2.25. The molecule has 0 amide bonds. The third kappa shape index (κ3) is 4.74. The highest BCUT2D eigenvalue weighted by Crippen LogP contribution is 2.17. The van der Waals surface area contributed by atoms with Crippen LogP contribution in [-0.4, -0.2) is 28.4 Å². The standard InChI is InChI=1S/C16H16F2N4S/c17-14-4-13(5-15(18)6-14)9-23-16-20-10-22(11-21-16)8-12-2-1-3-19-7-12/h1-7H,8-11H2,(H,20,21). The lowest BCUT2D eigenvalue weighted by Crippen LogP contribution is -2.41. The second-order valence-corrected chi connectivity index (χ2v) is 6.16. The summed E-state index contributed by atoms with van der Waals surface area (Å²) in [4.78, 5) is 10.7. The minimum atomic E-state index is -0.554. The molecule has 0 bridgehead atoms. The van der Waals surface area contributed by atoms with Crippen LogP contribution in [0.15, 0.2) is 47.7 Å². The molecule has 0 atom stereocenters. The first-order valence-electron chi connectivity index (χ1n) is 7.16. The molecular formula is C16H16F2N4S. The van der Waals surface area contributed by atoms with Gasteiger partial charge in [0.25, 0.3) is 0 Å². The van der Waals surface area contributed by atoms with Gasteiger partial charge < -0.3 is 5.32 Å². The normalized spacial score (nSPS) is 15.1. The van der Waals surface area contributed by atoms with E-state index in [4.69, 9.17) is 0 Å². The van der Waals surface area contributed by atoms with E-state index in [-0.39, 0.29) is 0 Å². The number of pyridine rings is 1. The van der Waals surface area contributed by atoms with Crippen LogP contribution in [0.1, 0.15) is 11.1 Å². The van der Waals surface area contributed by atoms with E-state index in [0.717, 1.165) is 23.3 Å². The number of nitrogens with zero attached hydrogens (tertiary/aromatic N) is 3. The van der Waals surface area contributed by atoms with Crippen LogP contribution in [0.2, 0.25) is 0 Å². The SMILES string of the molecule is Fc1cc(F)cc(CSC2=NCN(Cc3cccnc3)CN2)c1. The number of thioether (sulfide) groups is 1. The van der Waals surface area contributed by atoms with Gasteiger partial charge in [-0.3, -0.25) is 9.88 Å². The Morgan fingerprint density at radius 2 is 2.00 bits per heavy atom. The van der Waals surface area contributed by atoms with E-state index >= 15 is 0 Å². The Morgan fingerprint density at radius 3 is 2.65 bits per heavy atom. The Hall–Kier alpha value is -1.99. The van der Waals surface area contributed by atoms with Crippen molar-refractivity contribution < 1.29 is 8.78 Å². The third-order valence-corrected chi connectivity index (χ3v) is 4.32. The molecule has 0 unspecified atom stereocenters. The molecule has 1 aromatic heterocycles. The monoisotopic (exact) mass is 334 g/mol. The first-order valence-corrected chi connectivity index (χ1v) is 8.15. The van der Waals surface area contributed by atoms with Crippen molar-refractivity contribution in [1.82, 2.24) is 15.2 Å². The molecule has 0 aliphatic carbocycles. The number of benzene rings is 1. The van der Waals surface area contributed by atoms with Gasteiger partial charge in [-0.05, 0) is 29.3 Å². The summed E-state index contributed by atoms with van der Waals surface area (Å²) in [5.41, 5.74) is 1.74. The predicted octanol–water partition coefficient (Wildman–Crippen LogP) is 2.97. The maximum atomic E-state index is 13.1. The Kier molecular flexibility index (Phi) is 5.19. The van der Waals surface area contributed by atoms with Crippen molar-refractivity contribution in [3.05, 3.63) is 65.5 Å². The lowest BCUT2D eigenvalue weighted by Gasteiger charge is -2.26. The summed E-state index contributed by atoms with van der Waals surface area (Å²) >= 11 is 1.44. The van der Waals surface area contributed by atoms with E-state index in [2.05, 4.69) is 20.2 Å². The molecule has 3 rings (SSSR count). The van der Waals surface area contributed by atoms with Crippen molar-refractivity contribution >= 4 is 16.9 Å². The van der Waals surface area contributed by atoms with Crippen LogP contribution in [0, 0.1) is 11.6 Å². The topological polar surface area (TPSA) is 40.5 Å². The molecule has 0 spiro atoms. The maximum Gasteiger partial charge on any atom is 0.159 e. The fourth-order valence-corrected chi connectivity index (χ4v) is 3.03. The van der Waals surface area contributed by atoms with Crippen molar-refractivity contribution in [2.45, 2.75) is 12.3 Å². The van der Waals surface area contributed by atoms with Gasteiger partial charge in [-0.2, -0.15) is 0 Å². The van der Waals surface area contributed by atoms with Crippen LogP contribution in [0.4, 0.5) is 8.78 Å². The second kappa shape index (κ2) is 7.52. The first kappa shape index (κ1) is 15.9. The largest absolute Gasteiger partial charge is 0.352 e. The number of nitrogens with one attached hydrogen (secondary N) is 1. The van der Waals surface area contributed by atoms with Gasteiger partial charge in [-0.1, -0.05) is 17.8 Å². The number of hydrogen-bond donors (Lipinski definition) is 1. The average Bonchev–Trinajstić information content (AvgIpc) is 2.54. The van der Waals surface area contributed by atoms with Gasteiger partial charge in [-0.15, -0.1) is 0 Å². The minimum Gasteiger partial charge on any atom is -0.352 e. The first-order chi connectivity index (χ1) is 11.2. The van der Waals surface area contributed by atoms with E-state index in [1.807, 2.05) is 18.3 Å². The molecule has 2 aromatic rings. The summed E-state index contributed by atoms with van der Waals surface area (Å²) in [6.45, 7) is 2.04. The number of rotatable bonds is 4. The second-order valence-electron chi connectivity index (χ2n) is 5.20. The van der Waals surface area contributed by atoms with E-state index in [9.17, 15) is 8.78 Å². The molecule has 0 saturated carbocycles. The number of halogens is 2. The molecule has 2 heterocycles. The highest BCUT2D eigenvalue weighted by Gasteiger charge is 2.13. The Bertz CT molecular complexity index is 673. The maximum absolute atomic E-state index is 13.1. The van der Waals surface area contributed by atoms with Crippen LogP contribution in [0.3, 0.4) is 0 Å².